The van der Waals surface area contributed by atoms with Gasteiger partial charge in [0.1, 0.15) is 5.82 Å². The van der Waals surface area contributed by atoms with Crippen molar-refractivity contribution in [3.63, 3.8) is 0 Å². The Morgan fingerprint density at radius 1 is 1.40 bits per heavy atom. The summed E-state index contributed by atoms with van der Waals surface area (Å²) in [6.07, 6.45) is 3.60. The van der Waals surface area contributed by atoms with Crippen LogP contribution in [0.3, 0.4) is 0 Å². The molecule has 1 aromatic rings. The summed E-state index contributed by atoms with van der Waals surface area (Å²) in [7, 11) is 1.94. The van der Waals surface area contributed by atoms with Crippen molar-refractivity contribution in [2.75, 3.05) is 26.7 Å². The van der Waals surface area contributed by atoms with Gasteiger partial charge >= 0.3 is 0 Å². The zero-order valence-electron chi connectivity index (χ0n) is 12.8. The van der Waals surface area contributed by atoms with Gasteiger partial charge in [0.15, 0.2) is 0 Å². The van der Waals surface area contributed by atoms with Crippen molar-refractivity contribution >= 4 is 0 Å². The summed E-state index contributed by atoms with van der Waals surface area (Å²) in [5.41, 5.74) is 0.923. The third-order valence-electron chi connectivity index (χ3n) is 4.61. The van der Waals surface area contributed by atoms with Crippen LogP contribution >= 0.6 is 0 Å². The summed E-state index contributed by atoms with van der Waals surface area (Å²) in [5, 5.41) is 3.29. The number of nitrogens with one attached hydrogen (secondary N) is 1. The van der Waals surface area contributed by atoms with Crippen molar-refractivity contribution in [2.45, 2.75) is 32.7 Å². The number of nitrogens with zero attached hydrogens (tertiary/aromatic N) is 2. The van der Waals surface area contributed by atoms with Crippen molar-refractivity contribution < 1.29 is 4.39 Å². The second-order valence-corrected chi connectivity index (χ2v) is 6.08. The normalized spacial score (nSPS) is 25.6. The van der Waals surface area contributed by atoms with Crippen LogP contribution < -0.4 is 5.32 Å². The highest BCUT2D eigenvalue weighted by atomic mass is 19.1. The van der Waals surface area contributed by atoms with Gasteiger partial charge in [-0.2, -0.15) is 0 Å². The van der Waals surface area contributed by atoms with Gasteiger partial charge in [-0.15, -0.1) is 0 Å². The van der Waals surface area contributed by atoms with E-state index in [2.05, 4.69) is 29.0 Å². The van der Waals surface area contributed by atoms with Crippen molar-refractivity contribution in [3.05, 3.63) is 29.8 Å². The highest BCUT2D eigenvalue weighted by molar-refractivity contribution is 5.09. The maximum Gasteiger partial charge on any atom is 0.141 e. The minimum absolute atomic E-state index is 0.199. The number of likely N-dealkylation sites (tertiary alicyclic amines) is 1. The molecule has 112 valence electrons. The second-order valence-electron chi connectivity index (χ2n) is 6.08. The lowest BCUT2D eigenvalue weighted by Crippen LogP contribution is -2.39. The number of pyridine rings is 1. The smallest absolute Gasteiger partial charge is 0.141 e. The lowest BCUT2D eigenvalue weighted by Gasteiger charge is -2.35. The fourth-order valence-electron chi connectivity index (χ4n) is 2.90. The molecule has 2 rings (SSSR count). The van der Waals surface area contributed by atoms with Gasteiger partial charge in [0, 0.05) is 13.1 Å². The largest absolute Gasteiger partial charge is 0.312 e. The molecular formula is C16H26FN3. The van der Waals surface area contributed by atoms with E-state index in [1.165, 1.54) is 31.8 Å². The zero-order chi connectivity index (χ0) is 14.5. The van der Waals surface area contributed by atoms with Crippen LogP contribution in [0.15, 0.2) is 18.3 Å². The van der Waals surface area contributed by atoms with E-state index in [-0.39, 0.29) is 11.9 Å². The van der Waals surface area contributed by atoms with E-state index >= 15 is 0 Å². The third kappa shape index (κ3) is 4.00. The Morgan fingerprint density at radius 2 is 2.20 bits per heavy atom. The second kappa shape index (κ2) is 7.14. The van der Waals surface area contributed by atoms with Crippen LogP contribution in [0.4, 0.5) is 4.39 Å². The molecule has 3 nitrogen and oxygen atoms in total. The van der Waals surface area contributed by atoms with Gasteiger partial charge in [0.2, 0.25) is 0 Å². The number of hydrogen-bond donors (Lipinski definition) is 1. The summed E-state index contributed by atoms with van der Waals surface area (Å²) >= 11 is 0. The predicted octanol–water partition coefficient (Wildman–Crippen LogP) is 2.85. The van der Waals surface area contributed by atoms with Crippen molar-refractivity contribution in [1.82, 2.24) is 15.2 Å². The van der Waals surface area contributed by atoms with Crippen LogP contribution in [0.5, 0.6) is 0 Å². The van der Waals surface area contributed by atoms with E-state index in [0.29, 0.717) is 0 Å². The first-order valence-corrected chi connectivity index (χ1v) is 7.61. The van der Waals surface area contributed by atoms with Gasteiger partial charge < -0.3 is 10.2 Å². The highest BCUT2D eigenvalue weighted by Gasteiger charge is 2.23. The lowest BCUT2D eigenvalue weighted by atomic mass is 9.88. The molecule has 0 bridgehead atoms. The van der Waals surface area contributed by atoms with Crippen molar-refractivity contribution in [3.8, 4) is 0 Å². The van der Waals surface area contributed by atoms with E-state index in [0.717, 1.165) is 30.5 Å². The Hall–Kier alpha value is -1.00. The Balaban J connectivity index is 1.86. The standard InChI is InChI=1S/C16H26FN3/c1-12-6-8-20(11-13(12)2)9-7-15(18-3)16-5-4-14(17)10-19-16/h4-5,10,12-13,15,18H,6-9,11H2,1-3H3. The van der Waals surface area contributed by atoms with Gasteiger partial charge in [-0.1, -0.05) is 13.8 Å². The molecule has 20 heavy (non-hydrogen) atoms. The summed E-state index contributed by atoms with van der Waals surface area (Å²) < 4.78 is 12.9. The summed E-state index contributed by atoms with van der Waals surface area (Å²) in [4.78, 5) is 6.72. The van der Waals surface area contributed by atoms with Crippen molar-refractivity contribution in [1.29, 1.82) is 0 Å². The molecule has 0 radical (unpaired) electrons. The first-order valence-electron chi connectivity index (χ1n) is 7.61. The molecule has 0 amide bonds. The third-order valence-corrected chi connectivity index (χ3v) is 4.61. The topological polar surface area (TPSA) is 28.2 Å². The Kier molecular flexibility index (Phi) is 5.49. The van der Waals surface area contributed by atoms with Gasteiger partial charge in [-0.05, 0) is 50.4 Å². The van der Waals surface area contributed by atoms with Crippen LogP contribution in [0.25, 0.3) is 0 Å². The maximum absolute atomic E-state index is 12.9. The summed E-state index contributed by atoms with van der Waals surface area (Å²) in [6.45, 7) is 8.14. The maximum atomic E-state index is 12.9. The quantitative estimate of drug-likeness (QED) is 0.898. The van der Waals surface area contributed by atoms with E-state index in [9.17, 15) is 4.39 Å². The van der Waals surface area contributed by atoms with Gasteiger partial charge in [-0.25, -0.2) is 4.39 Å². The number of hydrogen-bond acceptors (Lipinski definition) is 3. The molecule has 0 spiro atoms. The molecule has 1 aliphatic rings. The molecule has 0 saturated carbocycles. The highest BCUT2D eigenvalue weighted by Crippen LogP contribution is 2.23. The molecule has 1 N–H and O–H groups in total. The van der Waals surface area contributed by atoms with Crippen molar-refractivity contribution in [2.24, 2.45) is 11.8 Å². The average molecular weight is 279 g/mol. The summed E-state index contributed by atoms with van der Waals surface area (Å²) in [5.74, 6) is 1.34. The average Bonchev–Trinajstić information content (AvgIpc) is 2.45. The molecule has 1 aromatic heterocycles. The molecule has 1 saturated heterocycles. The fourth-order valence-corrected chi connectivity index (χ4v) is 2.90. The van der Waals surface area contributed by atoms with Crippen LogP contribution in [-0.4, -0.2) is 36.6 Å². The first kappa shape index (κ1) is 15.4. The van der Waals surface area contributed by atoms with E-state index in [1.54, 1.807) is 6.07 Å². The van der Waals surface area contributed by atoms with Gasteiger partial charge in [0.25, 0.3) is 0 Å². The number of rotatable bonds is 5. The zero-order valence-corrected chi connectivity index (χ0v) is 12.8. The van der Waals surface area contributed by atoms with Crippen LogP contribution in [0.2, 0.25) is 0 Å². The fraction of sp³-hybridized carbons (Fsp3) is 0.688. The lowest BCUT2D eigenvalue weighted by molar-refractivity contribution is 0.133. The van der Waals surface area contributed by atoms with E-state index < -0.39 is 0 Å². The van der Waals surface area contributed by atoms with E-state index in [4.69, 9.17) is 0 Å². The Bertz CT molecular complexity index is 407. The molecule has 2 heterocycles. The van der Waals surface area contributed by atoms with Gasteiger partial charge in [0.05, 0.1) is 17.9 Å². The minimum atomic E-state index is -0.276. The first-order chi connectivity index (χ1) is 9.60. The molecule has 1 aliphatic heterocycles. The summed E-state index contributed by atoms with van der Waals surface area (Å²) in [6, 6.07) is 3.46. The Labute approximate surface area is 121 Å². The Morgan fingerprint density at radius 3 is 2.80 bits per heavy atom. The molecule has 3 atom stereocenters. The molecule has 4 heteroatoms. The number of piperidine rings is 1. The molecule has 0 aliphatic carbocycles. The SMILES string of the molecule is CNC(CCN1CCC(C)C(C)C1)c1ccc(F)cn1. The van der Waals surface area contributed by atoms with Crippen LogP contribution in [0, 0.1) is 17.7 Å². The predicted molar refractivity (Wildman–Crippen MR) is 80.0 cm³/mol. The number of aromatic nitrogens is 1. The van der Waals surface area contributed by atoms with Crippen LogP contribution in [-0.2, 0) is 0 Å². The molecular weight excluding hydrogens is 253 g/mol. The molecule has 3 unspecified atom stereocenters. The van der Waals surface area contributed by atoms with Gasteiger partial charge in [-0.3, -0.25) is 4.98 Å². The molecule has 0 aromatic carbocycles. The number of halogens is 1. The molecule has 1 fully saturated rings. The van der Waals surface area contributed by atoms with Crippen LogP contribution in [0.1, 0.15) is 38.4 Å². The van der Waals surface area contributed by atoms with E-state index in [1.807, 2.05) is 7.05 Å². The monoisotopic (exact) mass is 279 g/mol. The minimum Gasteiger partial charge on any atom is -0.312 e.